The summed E-state index contributed by atoms with van der Waals surface area (Å²) in [5, 5.41) is 22.5. The highest BCUT2D eigenvalue weighted by Crippen LogP contribution is 2.32. The fourth-order valence-corrected chi connectivity index (χ4v) is 3.03. The number of benzene rings is 1. The second kappa shape index (κ2) is 6.95. The minimum Gasteiger partial charge on any atom is -0.504 e. The molecule has 0 aliphatic heterocycles. The van der Waals surface area contributed by atoms with E-state index in [1.54, 1.807) is 13.2 Å². The molecule has 112 valence electrons. The minimum absolute atomic E-state index is 0.166. The van der Waals surface area contributed by atoms with Gasteiger partial charge in [-0.25, -0.2) is 0 Å². The van der Waals surface area contributed by atoms with Crippen LogP contribution in [0, 0.1) is 11.8 Å². The maximum absolute atomic E-state index is 9.61. The molecule has 20 heavy (non-hydrogen) atoms. The molecule has 2 rings (SSSR count). The van der Waals surface area contributed by atoms with Crippen LogP contribution in [0.15, 0.2) is 18.2 Å². The number of aromatic hydroxyl groups is 1. The molecule has 0 heterocycles. The number of aliphatic hydroxyl groups excluding tert-OH is 1. The number of rotatable bonds is 6. The lowest BCUT2D eigenvalue weighted by Gasteiger charge is -2.22. The Labute approximate surface area is 120 Å². The van der Waals surface area contributed by atoms with Crippen LogP contribution < -0.4 is 10.1 Å². The Kier molecular flexibility index (Phi) is 5.26. The van der Waals surface area contributed by atoms with Gasteiger partial charge in [0.25, 0.3) is 0 Å². The molecule has 3 N–H and O–H groups in total. The molecular weight excluding hydrogens is 254 g/mol. The lowest BCUT2D eigenvalue weighted by molar-refractivity contribution is 0.190. The summed E-state index contributed by atoms with van der Waals surface area (Å²) in [4.78, 5) is 0. The Morgan fingerprint density at radius 3 is 2.80 bits per heavy atom. The summed E-state index contributed by atoms with van der Waals surface area (Å²) in [5.74, 6) is 1.69. The van der Waals surface area contributed by atoms with Crippen molar-refractivity contribution in [3.8, 4) is 11.5 Å². The molecule has 0 radical (unpaired) electrons. The molecule has 4 nitrogen and oxygen atoms in total. The van der Waals surface area contributed by atoms with Gasteiger partial charge in [-0.15, -0.1) is 0 Å². The molecule has 1 aromatic rings. The largest absolute Gasteiger partial charge is 0.504 e. The van der Waals surface area contributed by atoms with E-state index in [1.165, 1.54) is 12.8 Å². The van der Waals surface area contributed by atoms with Crippen molar-refractivity contribution in [1.82, 2.24) is 5.32 Å². The van der Waals surface area contributed by atoms with Gasteiger partial charge in [-0.3, -0.25) is 0 Å². The van der Waals surface area contributed by atoms with Crippen LogP contribution in [0.1, 0.15) is 37.8 Å². The van der Waals surface area contributed by atoms with E-state index in [0.29, 0.717) is 24.2 Å². The number of aliphatic hydroxyl groups is 1. The van der Waals surface area contributed by atoms with E-state index in [0.717, 1.165) is 18.5 Å². The summed E-state index contributed by atoms with van der Waals surface area (Å²) >= 11 is 0. The van der Waals surface area contributed by atoms with Crippen molar-refractivity contribution in [2.24, 2.45) is 11.8 Å². The van der Waals surface area contributed by atoms with Crippen LogP contribution in [0.25, 0.3) is 0 Å². The monoisotopic (exact) mass is 279 g/mol. The first-order valence-corrected chi connectivity index (χ1v) is 7.36. The average Bonchev–Trinajstić information content (AvgIpc) is 2.92. The Morgan fingerprint density at radius 1 is 1.35 bits per heavy atom. The summed E-state index contributed by atoms with van der Waals surface area (Å²) in [7, 11) is 1.56. The second-order valence-corrected chi connectivity index (χ2v) is 5.69. The third kappa shape index (κ3) is 3.44. The molecule has 1 aromatic carbocycles. The molecule has 0 amide bonds. The molecule has 0 saturated heterocycles. The van der Waals surface area contributed by atoms with Crippen molar-refractivity contribution >= 4 is 0 Å². The third-order valence-electron chi connectivity index (χ3n) is 4.44. The fraction of sp³-hybridized carbons (Fsp3) is 0.625. The number of phenols is 1. The van der Waals surface area contributed by atoms with Gasteiger partial charge < -0.3 is 20.3 Å². The number of methoxy groups -OCH3 is 1. The molecule has 1 saturated carbocycles. The van der Waals surface area contributed by atoms with E-state index in [1.807, 2.05) is 12.1 Å². The quantitative estimate of drug-likeness (QED) is 0.748. The van der Waals surface area contributed by atoms with Gasteiger partial charge in [-0.2, -0.15) is 0 Å². The number of hydrogen-bond donors (Lipinski definition) is 3. The molecule has 1 aliphatic rings. The predicted octanol–water partition coefficient (Wildman–Crippen LogP) is 2.46. The van der Waals surface area contributed by atoms with Gasteiger partial charge in [0.15, 0.2) is 11.5 Å². The van der Waals surface area contributed by atoms with Crippen molar-refractivity contribution in [3.05, 3.63) is 23.8 Å². The van der Waals surface area contributed by atoms with Crippen molar-refractivity contribution in [2.45, 2.75) is 32.2 Å². The standard InChI is InChI=1S/C16H25NO3/c1-11(12-6-7-15(19)16(8-12)20-2)17-9-13-4-3-5-14(13)10-18/h6-8,11,13-14,17-19H,3-5,9-10H2,1-2H3. The summed E-state index contributed by atoms with van der Waals surface area (Å²) in [6.07, 6.45) is 3.56. The Balaban J connectivity index is 1.93. The van der Waals surface area contributed by atoms with Crippen LogP contribution in [0.5, 0.6) is 11.5 Å². The van der Waals surface area contributed by atoms with Crippen LogP contribution in [0.4, 0.5) is 0 Å². The topological polar surface area (TPSA) is 61.7 Å². The minimum atomic E-state index is 0.166. The Bertz CT molecular complexity index is 436. The summed E-state index contributed by atoms with van der Waals surface area (Å²) in [6.45, 7) is 3.33. The van der Waals surface area contributed by atoms with E-state index >= 15 is 0 Å². The zero-order valence-electron chi connectivity index (χ0n) is 12.3. The van der Waals surface area contributed by atoms with Gasteiger partial charge in [-0.1, -0.05) is 12.5 Å². The fourth-order valence-electron chi connectivity index (χ4n) is 3.03. The van der Waals surface area contributed by atoms with E-state index in [4.69, 9.17) is 4.74 Å². The summed E-state index contributed by atoms with van der Waals surface area (Å²) in [6, 6.07) is 5.64. The van der Waals surface area contributed by atoms with Crippen LogP contribution in [-0.2, 0) is 0 Å². The number of ether oxygens (including phenoxy) is 1. The van der Waals surface area contributed by atoms with Crippen molar-refractivity contribution in [2.75, 3.05) is 20.3 Å². The SMILES string of the molecule is COc1cc(C(C)NCC2CCCC2CO)ccc1O. The van der Waals surface area contributed by atoms with Gasteiger partial charge in [0.2, 0.25) is 0 Å². The van der Waals surface area contributed by atoms with Crippen LogP contribution in [-0.4, -0.2) is 30.5 Å². The third-order valence-corrected chi connectivity index (χ3v) is 4.44. The van der Waals surface area contributed by atoms with E-state index in [-0.39, 0.29) is 11.8 Å². The van der Waals surface area contributed by atoms with Crippen LogP contribution in [0.2, 0.25) is 0 Å². The lowest BCUT2D eigenvalue weighted by atomic mass is 9.96. The average molecular weight is 279 g/mol. The first-order valence-electron chi connectivity index (χ1n) is 7.36. The van der Waals surface area contributed by atoms with Gasteiger partial charge in [-0.05, 0) is 55.8 Å². The molecule has 1 fully saturated rings. The van der Waals surface area contributed by atoms with Gasteiger partial charge >= 0.3 is 0 Å². The van der Waals surface area contributed by atoms with E-state index < -0.39 is 0 Å². The van der Waals surface area contributed by atoms with Crippen molar-refractivity contribution in [1.29, 1.82) is 0 Å². The smallest absolute Gasteiger partial charge is 0.160 e. The van der Waals surface area contributed by atoms with Gasteiger partial charge in [0.1, 0.15) is 0 Å². The molecule has 0 spiro atoms. The predicted molar refractivity (Wildman–Crippen MR) is 79.0 cm³/mol. The molecular formula is C16H25NO3. The number of hydrogen-bond acceptors (Lipinski definition) is 4. The summed E-state index contributed by atoms with van der Waals surface area (Å²) < 4.78 is 5.14. The van der Waals surface area contributed by atoms with E-state index in [2.05, 4.69) is 12.2 Å². The molecule has 0 aromatic heterocycles. The molecule has 0 bridgehead atoms. The maximum Gasteiger partial charge on any atom is 0.160 e. The zero-order chi connectivity index (χ0) is 14.5. The van der Waals surface area contributed by atoms with Gasteiger partial charge in [0, 0.05) is 12.6 Å². The number of phenolic OH excluding ortho intramolecular Hbond substituents is 1. The highest BCUT2D eigenvalue weighted by atomic mass is 16.5. The van der Waals surface area contributed by atoms with Crippen molar-refractivity contribution < 1.29 is 14.9 Å². The highest BCUT2D eigenvalue weighted by Gasteiger charge is 2.26. The highest BCUT2D eigenvalue weighted by molar-refractivity contribution is 5.42. The Hall–Kier alpha value is -1.26. The van der Waals surface area contributed by atoms with Crippen molar-refractivity contribution in [3.63, 3.8) is 0 Å². The van der Waals surface area contributed by atoms with E-state index in [9.17, 15) is 10.2 Å². The van der Waals surface area contributed by atoms with Crippen LogP contribution in [0.3, 0.4) is 0 Å². The normalized spacial score (nSPS) is 23.8. The molecule has 1 aliphatic carbocycles. The molecule has 3 unspecified atom stereocenters. The first-order chi connectivity index (χ1) is 9.65. The van der Waals surface area contributed by atoms with Crippen LogP contribution >= 0.6 is 0 Å². The van der Waals surface area contributed by atoms with Gasteiger partial charge in [0.05, 0.1) is 7.11 Å². The Morgan fingerprint density at radius 2 is 2.10 bits per heavy atom. The molecule has 3 atom stereocenters. The number of nitrogens with one attached hydrogen (secondary N) is 1. The first kappa shape index (κ1) is 15.1. The lowest BCUT2D eigenvalue weighted by Crippen LogP contribution is -2.28. The maximum atomic E-state index is 9.61. The second-order valence-electron chi connectivity index (χ2n) is 5.69. The zero-order valence-corrected chi connectivity index (χ0v) is 12.3. The summed E-state index contributed by atoms with van der Waals surface area (Å²) in [5.41, 5.74) is 1.10. The molecule has 4 heteroatoms.